The van der Waals surface area contributed by atoms with E-state index in [9.17, 15) is 0 Å². The number of aryl methyl sites for hydroxylation is 3. The van der Waals surface area contributed by atoms with Crippen molar-refractivity contribution in [2.45, 2.75) is 40.2 Å². The summed E-state index contributed by atoms with van der Waals surface area (Å²) in [5, 5.41) is 3.66. The Kier molecular flexibility index (Phi) is 4.91. The Morgan fingerprint density at radius 1 is 1.00 bits per heavy atom. The lowest BCUT2D eigenvalue weighted by atomic mass is 9.92. The van der Waals surface area contributed by atoms with Gasteiger partial charge in [0.1, 0.15) is 0 Å². The zero-order valence-electron chi connectivity index (χ0n) is 12.9. The van der Waals surface area contributed by atoms with Gasteiger partial charge in [-0.2, -0.15) is 0 Å². The predicted molar refractivity (Wildman–Crippen MR) is 85.0 cm³/mol. The van der Waals surface area contributed by atoms with E-state index >= 15 is 0 Å². The van der Waals surface area contributed by atoms with E-state index in [4.69, 9.17) is 0 Å². The third-order valence-corrected chi connectivity index (χ3v) is 3.83. The molecule has 0 amide bonds. The average Bonchev–Trinajstić information content (AvgIpc) is 2.45. The van der Waals surface area contributed by atoms with Crippen LogP contribution >= 0.6 is 0 Å². The lowest BCUT2D eigenvalue weighted by Gasteiger charge is -2.22. The van der Waals surface area contributed by atoms with E-state index in [0.717, 1.165) is 13.0 Å². The number of benzene rings is 1. The number of nitrogens with zero attached hydrogens (tertiary/aromatic N) is 1. The Bertz CT molecular complexity index is 561. The van der Waals surface area contributed by atoms with Crippen molar-refractivity contribution in [3.63, 3.8) is 0 Å². The quantitative estimate of drug-likeness (QED) is 0.883. The first-order valence-corrected chi connectivity index (χ1v) is 7.34. The van der Waals surface area contributed by atoms with E-state index in [2.05, 4.69) is 62.3 Å². The molecule has 106 valence electrons. The standard InChI is InChI=1S/C18H24N2/c1-5-8-20-18(16-6-9-19-10-7-16)17-12-14(3)13(2)11-15(17)4/h6-7,9-12,18,20H,5,8H2,1-4H3. The second-order valence-electron chi connectivity index (χ2n) is 5.46. The summed E-state index contributed by atoms with van der Waals surface area (Å²) in [4.78, 5) is 4.13. The van der Waals surface area contributed by atoms with Crippen LogP contribution in [0.15, 0.2) is 36.7 Å². The summed E-state index contributed by atoms with van der Waals surface area (Å²) in [5.74, 6) is 0. The molecule has 0 bridgehead atoms. The lowest BCUT2D eigenvalue weighted by Crippen LogP contribution is -2.24. The molecule has 1 N–H and O–H groups in total. The van der Waals surface area contributed by atoms with Crippen LogP contribution in [0.5, 0.6) is 0 Å². The fraction of sp³-hybridized carbons (Fsp3) is 0.389. The third kappa shape index (κ3) is 3.26. The van der Waals surface area contributed by atoms with Crippen molar-refractivity contribution in [2.75, 3.05) is 6.54 Å². The lowest BCUT2D eigenvalue weighted by molar-refractivity contribution is 0.595. The molecule has 0 spiro atoms. The number of hydrogen-bond acceptors (Lipinski definition) is 2. The molecule has 0 saturated heterocycles. The number of aromatic nitrogens is 1. The molecule has 1 aromatic heterocycles. The highest BCUT2D eigenvalue weighted by molar-refractivity contribution is 5.42. The van der Waals surface area contributed by atoms with Gasteiger partial charge in [0.25, 0.3) is 0 Å². The minimum atomic E-state index is 0.247. The summed E-state index contributed by atoms with van der Waals surface area (Å²) in [6, 6.07) is 9.05. The van der Waals surface area contributed by atoms with Gasteiger partial charge in [0.2, 0.25) is 0 Å². The molecule has 0 saturated carbocycles. The average molecular weight is 268 g/mol. The van der Waals surface area contributed by atoms with Gasteiger partial charge in [-0.05, 0) is 73.7 Å². The van der Waals surface area contributed by atoms with Gasteiger partial charge in [-0.1, -0.05) is 19.1 Å². The van der Waals surface area contributed by atoms with E-state index in [-0.39, 0.29) is 6.04 Å². The van der Waals surface area contributed by atoms with Gasteiger partial charge < -0.3 is 5.32 Å². The Morgan fingerprint density at radius 2 is 1.65 bits per heavy atom. The van der Waals surface area contributed by atoms with Gasteiger partial charge in [0.15, 0.2) is 0 Å². The van der Waals surface area contributed by atoms with Gasteiger partial charge in [0, 0.05) is 12.4 Å². The summed E-state index contributed by atoms with van der Waals surface area (Å²) >= 11 is 0. The van der Waals surface area contributed by atoms with Crippen molar-refractivity contribution in [2.24, 2.45) is 0 Å². The van der Waals surface area contributed by atoms with Crippen molar-refractivity contribution in [1.82, 2.24) is 10.3 Å². The second-order valence-corrected chi connectivity index (χ2v) is 5.46. The molecular formula is C18H24N2. The minimum Gasteiger partial charge on any atom is -0.306 e. The molecule has 0 radical (unpaired) electrons. The predicted octanol–water partition coefficient (Wildman–Crippen LogP) is 4.10. The summed E-state index contributed by atoms with van der Waals surface area (Å²) in [6.45, 7) is 9.77. The minimum absolute atomic E-state index is 0.247. The normalized spacial score (nSPS) is 12.4. The SMILES string of the molecule is CCCNC(c1ccncc1)c1cc(C)c(C)cc1C. The molecule has 0 aliphatic heterocycles. The van der Waals surface area contributed by atoms with Crippen molar-refractivity contribution in [3.05, 3.63) is 64.5 Å². The van der Waals surface area contributed by atoms with Crippen molar-refractivity contribution in [3.8, 4) is 0 Å². The van der Waals surface area contributed by atoms with Crippen LogP contribution in [0, 0.1) is 20.8 Å². The van der Waals surface area contributed by atoms with Crippen LogP contribution in [0.2, 0.25) is 0 Å². The first-order valence-electron chi connectivity index (χ1n) is 7.34. The molecule has 1 aromatic carbocycles. The molecule has 0 aliphatic carbocycles. The van der Waals surface area contributed by atoms with Crippen LogP contribution in [0.25, 0.3) is 0 Å². The Balaban J connectivity index is 2.44. The smallest absolute Gasteiger partial charge is 0.0580 e. The molecule has 2 nitrogen and oxygen atoms in total. The largest absolute Gasteiger partial charge is 0.306 e. The summed E-state index contributed by atoms with van der Waals surface area (Å²) < 4.78 is 0. The molecule has 2 aromatic rings. The van der Waals surface area contributed by atoms with Crippen LogP contribution in [0.1, 0.15) is 47.2 Å². The molecular weight excluding hydrogens is 244 g/mol. The number of nitrogens with one attached hydrogen (secondary N) is 1. The van der Waals surface area contributed by atoms with Gasteiger partial charge in [0.05, 0.1) is 6.04 Å². The summed E-state index contributed by atoms with van der Waals surface area (Å²) in [6.07, 6.45) is 4.87. The highest BCUT2D eigenvalue weighted by Gasteiger charge is 2.16. The van der Waals surface area contributed by atoms with Crippen LogP contribution in [0.4, 0.5) is 0 Å². The van der Waals surface area contributed by atoms with E-state index < -0.39 is 0 Å². The Hall–Kier alpha value is -1.67. The van der Waals surface area contributed by atoms with Gasteiger partial charge in [-0.15, -0.1) is 0 Å². The maximum Gasteiger partial charge on any atom is 0.0580 e. The van der Waals surface area contributed by atoms with Crippen molar-refractivity contribution < 1.29 is 0 Å². The van der Waals surface area contributed by atoms with E-state index in [0.29, 0.717) is 0 Å². The van der Waals surface area contributed by atoms with Gasteiger partial charge in [-0.25, -0.2) is 0 Å². The first kappa shape index (κ1) is 14.7. The maximum absolute atomic E-state index is 4.13. The van der Waals surface area contributed by atoms with Gasteiger partial charge in [-0.3, -0.25) is 4.98 Å². The van der Waals surface area contributed by atoms with Crippen LogP contribution < -0.4 is 5.32 Å². The van der Waals surface area contributed by atoms with Crippen LogP contribution in [-0.4, -0.2) is 11.5 Å². The molecule has 1 heterocycles. The van der Waals surface area contributed by atoms with Gasteiger partial charge >= 0.3 is 0 Å². The molecule has 2 heteroatoms. The van der Waals surface area contributed by atoms with Crippen LogP contribution in [-0.2, 0) is 0 Å². The molecule has 0 fully saturated rings. The molecule has 0 aliphatic rings. The number of hydrogen-bond donors (Lipinski definition) is 1. The van der Waals surface area contributed by atoms with E-state index in [1.165, 1.54) is 27.8 Å². The van der Waals surface area contributed by atoms with Crippen molar-refractivity contribution >= 4 is 0 Å². The zero-order chi connectivity index (χ0) is 14.5. The van der Waals surface area contributed by atoms with Crippen molar-refractivity contribution in [1.29, 1.82) is 0 Å². The second kappa shape index (κ2) is 6.67. The van der Waals surface area contributed by atoms with E-state index in [1.807, 2.05) is 12.4 Å². The molecule has 1 unspecified atom stereocenters. The summed E-state index contributed by atoms with van der Waals surface area (Å²) in [7, 11) is 0. The fourth-order valence-corrected chi connectivity index (χ4v) is 2.55. The highest BCUT2D eigenvalue weighted by atomic mass is 14.9. The zero-order valence-corrected chi connectivity index (χ0v) is 12.9. The van der Waals surface area contributed by atoms with E-state index in [1.54, 1.807) is 0 Å². The Morgan fingerprint density at radius 3 is 2.30 bits per heavy atom. The molecule has 2 rings (SSSR count). The molecule has 20 heavy (non-hydrogen) atoms. The monoisotopic (exact) mass is 268 g/mol. The Labute approximate surface area is 122 Å². The van der Waals surface area contributed by atoms with Crippen LogP contribution in [0.3, 0.4) is 0 Å². The molecule has 1 atom stereocenters. The fourth-order valence-electron chi connectivity index (χ4n) is 2.55. The third-order valence-electron chi connectivity index (χ3n) is 3.83. The maximum atomic E-state index is 4.13. The number of pyridine rings is 1. The summed E-state index contributed by atoms with van der Waals surface area (Å²) in [5.41, 5.74) is 6.70. The highest BCUT2D eigenvalue weighted by Crippen LogP contribution is 2.27. The topological polar surface area (TPSA) is 24.9 Å². The number of rotatable bonds is 5. The first-order chi connectivity index (χ1) is 9.63.